The first kappa shape index (κ1) is 21.2. The van der Waals surface area contributed by atoms with Crippen molar-refractivity contribution < 1.29 is 9.21 Å². The summed E-state index contributed by atoms with van der Waals surface area (Å²) in [6, 6.07) is 25.0. The Morgan fingerprint density at radius 3 is 2.21 bits per heavy atom. The fraction of sp³-hybridized carbons (Fsp3) is 0.241. The number of hydrogen-bond acceptors (Lipinski definition) is 3. The van der Waals surface area contributed by atoms with E-state index in [0.29, 0.717) is 29.5 Å². The zero-order valence-corrected chi connectivity index (χ0v) is 19.2. The summed E-state index contributed by atoms with van der Waals surface area (Å²) in [5.74, 6) is -0.0645. The van der Waals surface area contributed by atoms with Crippen LogP contribution in [0.2, 0.25) is 0 Å². The van der Waals surface area contributed by atoms with Gasteiger partial charge in [0, 0.05) is 6.54 Å². The Bertz CT molecular complexity index is 1380. The van der Waals surface area contributed by atoms with Crippen molar-refractivity contribution in [2.45, 2.75) is 38.6 Å². The average Bonchev–Trinajstić information content (AvgIpc) is 3.10. The summed E-state index contributed by atoms with van der Waals surface area (Å²) in [5, 5.41) is 0.505. The second-order valence-electron chi connectivity index (χ2n) is 9.68. The molecule has 0 spiro atoms. The van der Waals surface area contributed by atoms with Gasteiger partial charge in [0.25, 0.3) is 5.91 Å². The minimum Gasteiger partial charge on any atom is -0.450 e. The number of benzene rings is 3. The molecule has 166 valence electrons. The van der Waals surface area contributed by atoms with Gasteiger partial charge in [-0.15, -0.1) is 0 Å². The van der Waals surface area contributed by atoms with E-state index in [1.807, 2.05) is 42.5 Å². The molecule has 0 fully saturated rings. The molecule has 1 amide bonds. The Morgan fingerprint density at radius 1 is 0.848 bits per heavy atom. The Hall–Kier alpha value is -3.66. The van der Waals surface area contributed by atoms with Crippen LogP contribution in [0.1, 0.15) is 59.6 Å². The molecule has 5 rings (SSSR count). The molecule has 2 heterocycles. The van der Waals surface area contributed by atoms with E-state index in [0.717, 1.165) is 11.1 Å². The lowest BCUT2D eigenvalue weighted by molar-refractivity contribution is 0.0730. The third kappa shape index (κ3) is 3.76. The van der Waals surface area contributed by atoms with Gasteiger partial charge in [-0.25, -0.2) is 0 Å². The minimum absolute atomic E-state index is 0.0180. The molecule has 0 saturated carbocycles. The molecule has 1 aromatic heterocycles. The highest BCUT2D eigenvalue weighted by molar-refractivity contribution is 5.99. The lowest BCUT2D eigenvalue weighted by atomic mass is 9.86. The quantitative estimate of drug-likeness (QED) is 0.401. The van der Waals surface area contributed by atoms with E-state index in [1.54, 1.807) is 17.0 Å². The molecule has 1 aliphatic rings. The van der Waals surface area contributed by atoms with Crippen molar-refractivity contribution >= 4 is 16.9 Å². The molecule has 0 radical (unpaired) electrons. The highest BCUT2D eigenvalue weighted by Gasteiger charge is 2.42. The molecule has 1 aliphatic heterocycles. The number of hydrogen-bond donors (Lipinski definition) is 0. The number of carbonyl (C=O) groups is 1. The smallest absolute Gasteiger partial charge is 0.290 e. The lowest BCUT2D eigenvalue weighted by Gasteiger charge is -2.26. The second-order valence-corrected chi connectivity index (χ2v) is 9.68. The predicted octanol–water partition coefficient (Wildman–Crippen LogP) is 5.88. The van der Waals surface area contributed by atoms with Crippen LogP contribution in [0.5, 0.6) is 0 Å². The third-order valence-electron chi connectivity index (χ3n) is 6.45. The maximum Gasteiger partial charge on any atom is 0.290 e. The molecule has 0 N–H and O–H groups in total. The Morgan fingerprint density at radius 2 is 1.52 bits per heavy atom. The fourth-order valence-electron chi connectivity index (χ4n) is 4.60. The topological polar surface area (TPSA) is 50.5 Å². The number of rotatable bonds is 4. The van der Waals surface area contributed by atoms with Crippen LogP contribution in [0, 0.1) is 0 Å². The normalized spacial score (nSPS) is 15.8. The summed E-state index contributed by atoms with van der Waals surface area (Å²) in [6.45, 7) is 7.00. The summed E-state index contributed by atoms with van der Waals surface area (Å²) in [6.07, 6.45) is 0.699. The van der Waals surface area contributed by atoms with Gasteiger partial charge in [-0.05, 0) is 40.7 Å². The Balaban J connectivity index is 1.63. The molecule has 0 saturated heterocycles. The summed E-state index contributed by atoms with van der Waals surface area (Å²) in [5.41, 5.74) is 4.05. The molecule has 0 bridgehead atoms. The van der Waals surface area contributed by atoms with Crippen LogP contribution in [-0.4, -0.2) is 17.4 Å². The van der Waals surface area contributed by atoms with E-state index in [4.69, 9.17) is 4.42 Å². The van der Waals surface area contributed by atoms with Gasteiger partial charge < -0.3 is 9.32 Å². The van der Waals surface area contributed by atoms with Crippen molar-refractivity contribution in [3.8, 4) is 0 Å². The molecule has 1 atom stereocenters. The van der Waals surface area contributed by atoms with Crippen LogP contribution >= 0.6 is 0 Å². The van der Waals surface area contributed by atoms with E-state index < -0.39 is 6.04 Å². The zero-order valence-electron chi connectivity index (χ0n) is 19.2. The molecule has 4 heteroatoms. The van der Waals surface area contributed by atoms with Crippen LogP contribution in [-0.2, 0) is 11.8 Å². The first-order valence-electron chi connectivity index (χ1n) is 11.4. The van der Waals surface area contributed by atoms with Crippen molar-refractivity contribution in [2.75, 3.05) is 6.54 Å². The molecule has 0 unspecified atom stereocenters. The maximum atomic E-state index is 13.6. The molecular weight excluding hydrogens is 410 g/mol. The van der Waals surface area contributed by atoms with E-state index in [9.17, 15) is 9.59 Å². The lowest BCUT2D eigenvalue weighted by Crippen LogP contribution is -2.31. The molecule has 33 heavy (non-hydrogen) atoms. The van der Waals surface area contributed by atoms with Crippen LogP contribution in [0.4, 0.5) is 0 Å². The second kappa shape index (κ2) is 8.04. The maximum absolute atomic E-state index is 13.6. The fourth-order valence-corrected chi connectivity index (χ4v) is 4.60. The van der Waals surface area contributed by atoms with Crippen LogP contribution in [0.15, 0.2) is 88.1 Å². The van der Waals surface area contributed by atoms with E-state index in [1.165, 1.54) is 5.56 Å². The minimum atomic E-state index is -0.467. The molecular formula is C29H27NO3. The number of amides is 1. The van der Waals surface area contributed by atoms with Crippen molar-refractivity contribution in [2.24, 2.45) is 0 Å². The summed E-state index contributed by atoms with van der Waals surface area (Å²) in [4.78, 5) is 28.9. The Kier molecular flexibility index (Phi) is 5.16. The van der Waals surface area contributed by atoms with Gasteiger partial charge in [0.2, 0.25) is 5.76 Å². The van der Waals surface area contributed by atoms with Crippen LogP contribution < -0.4 is 5.43 Å². The van der Waals surface area contributed by atoms with E-state index >= 15 is 0 Å². The van der Waals surface area contributed by atoms with Gasteiger partial charge in [-0.2, -0.15) is 0 Å². The average molecular weight is 438 g/mol. The standard InChI is InChI=1S/C29H27NO3/c1-29(2,3)21-15-13-20(14-16-21)25-24-26(31)22-11-7-8-12-23(22)33-27(24)28(32)30(25)18-17-19-9-5-4-6-10-19/h4-16,25H,17-18H2,1-3H3/t25-/m1/s1. The van der Waals surface area contributed by atoms with Crippen molar-refractivity contribution in [3.05, 3.63) is 117 Å². The molecule has 3 aromatic carbocycles. The van der Waals surface area contributed by atoms with Crippen molar-refractivity contribution in [1.29, 1.82) is 0 Å². The number of carbonyl (C=O) groups excluding carboxylic acids is 1. The summed E-state index contributed by atoms with van der Waals surface area (Å²) < 4.78 is 6.02. The molecule has 4 aromatic rings. The first-order valence-corrected chi connectivity index (χ1v) is 11.4. The molecule has 0 aliphatic carbocycles. The highest BCUT2D eigenvalue weighted by atomic mass is 16.3. The van der Waals surface area contributed by atoms with Gasteiger partial charge in [0.1, 0.15) is 5.58 Å². The van der Waals surface area contributed by atoms with E-state index in [-0.39, 0.29) is 22.5 Å². The third-order valence-corrected chi connectivity index (χ3v) is 6.45. The largest absolute Gasteiger partial charge is 0.450 e. The Labute approximate surface area is 193 Å². The molecule has 4 nitrogen and oxygen atoms in total. The van der Waals surface area contributed by atoms with Crippen molar-refractivity contribution in [1.82, 2.24) is 4.90 Å². The predicted molar refractivity (Wildman–Crippen MR) is 131 cm³/mol. The number of nitrogens with zero attached hydrogens (tertiary/aromatic N) is 1. The van der Waals surface area contributed by atoms with Gasteiger partial charge in [0.05, 0.1) is 17.0 Å². The monoisotopic (exact) mass is 437 g/mol. The highest BCUT2D eigenvalue weighted by Crippen LogP contribution is 2.38. The summed E-state index contributed by atoms with van der Waals surface area (Å²) in [7, 11) is 0. The van der Waals surface area contributed by atoms with E-state index in [2.05, 4.69) is 45.0 Å². The van der Waals surface area contributed by atoms with Gasteiger partial charge in [0.15, 0.2) is 5.43 Å². The number of para-hydroxylation sites is 1. The summed E-state index contributed by atoms with van der Waals surface area (Å²) >= 11 is 0. The zero-order chi connectivity index (χ0) is 23.2. The van der Waals surface area contributed by atoms with Gasteiger partial charge >= 0.3 is 0 Å². The van der Waals surface area contributed by atoms with Gasteiger partial charge in [-0.1, -0.05) is 87.5 Å². The SMILES string of the molecule is CC(C)(C)c1ccc([C@@H]2c3c(oc4ccccc4c3=O)C(=O)N2CCc2ccccc2)cc1. The number of fused-ring (bicyclic) bond motifs is 2. The first-order chi connectivity index (χ1) is 15.8. The van der Waals surface area contributed by atoms with Crippen LogP contribution in [0.3, 0.4) is 0 Å². The van der Waals surface area contributed by atoms with Gasteiger partial charge in [-0.3, -0.25) is 9.59 Å². The van der Waals surface area contributed by atoms with Crippen molar-refractivity contribution in [3.63, 3.8) is 0 Å². The van der Waals surface area contributed by atoms with Crippen LogP contribution in [0.25, 0.3) is 11.0 Å².